The maximum Gasteiger partial charge on any atom is 0.0266 e. The van der Waals surface area contributed by atoms with Crippen LogP contribution in [0.5, 0.6) is 0 Å². The minimum absolute atomic E-state index is 0.732. The van der Waals surface area contributed by atoms with Crippen LogP contribution in [-0.4, -0.2) is 60.1 Å². The molecule has 0 spiro atoms. The van der Waals surface area contributed by atoms with Crippen molar-refractivity contribution in [3.63, 3.8) is 0 Å². The Labute approximate surface area is 125 Å². The molecular weight excluding hydrogens is 246 g/mol. The second-order valence-corrected chi connectivity index (χ2v) is 7.25. The van der Waals surface area contributed by atoms with Gasteiger partial charge in [0, 0.05) is 37.3 Å². The van der Waals surface area contributed by atoms with E-state index < -0.39 is 0 Å². The molecule has 3 heterocycles. The molecule has 5 unspecified atom stereocenters. The Balaban J connectivity index is 1.65. The van der Waals surface area contributed by atoms with Gasteiger partial charge in [0.25, 0.3) is 0 Å². The molecule has 0 aromatic carbocycles. The first-order chi connectivity index (χ1) is 9.72. The monoisotopic (exact) mass is 279 g/mol. The van der Waals surface area contributed by atoms with Crippen LogP contribution in [0.3, 0.4) is 0 Å². The molecule has 0 aromatic rings. The predicted molar refractivity (Wildman–Crippen MR) is 85.0 cm³/mol. The highest BCUT2D eigenvalue weighted by molar-refractivity contribution is 5.00. The van der Waals surface area contributed by atoms with Crippen molar-refractivity contribution in [1.82, 2.24) is 15.1 Å². The van der Waals surface area contributed by atoms with E-state index in [0.29, 0.717) is 0 Å². The first kappa shape index (κ1) is 14.8. The molecule has 1 N–H and O–H groups in total. The van der Waals surface area contributed by atoms with Gasteiger partial charge in [0.1, 0.15) is 0 Å². The van der Waals surface area contributed by atoms with Crippen molar-refractivity contribution in [2.75, 3.05) is 26.2 Å². The summed E-state index contributed by atoms with van der Waals surface area (Å²) >= 11 is 0. The van der Waals surface area contributed by atoms with Crippen LogP contribution >= 0.6 is 0 Å². The van der Waals surface area contributed by atoms with Crippen LogP contribution in [0.2, 0.25) is 0 Å². The lowest BCUT2D eigenvalue weighted by Gasteiger charge is -2.48. The van der Waals surface area contributed by atoms with Crippen LogP contribution in [0, 0.1) is 5.92 Å². The summed E-state index contributed by atoms with van der Waals surface area (Å²) in [6.07, 6.45) is 7.07. The van der Waals surface area contributed by atoms with Gasteiger partial charge in [-0.25, -0.2) is 0 Å². The Bertz CT molecular complexity index is 319. The number of piperidine rings is 2. The normalized spacial score (nSPS) is 43.6. The third-order valence-corrected chi connectivity index (χ3v) is 6.33. The van der Waals surface area contributed by atoms with Crippen molar-refractivity contribution in [1.29, 1.82) is 0 Å². The number of fused-ring (bicyclic) bond motifs is 1. The lowest BCUT2D eigenvalue weighted by Crippen LogP contribution is -2.59. The maximum absolute atomic E-state index is 3.70. The maximum atomic E-state index is 3.70. The van der Waals surface area contributed by atoms with Gasteiger partial charge in [-0.3, -0.25) is 9.80 Å². The molecule has 0 aliphatic carbocycles. The van der Waals surface area contributed by atoms with Crippen molar-refractivity contribution in [3.05, 3.63) is 0 Å². The van der Waals surface area contributed by atoms with E-state index in [1.165, 1.54) is 51.7 Å². The lowest BCUT2D eigenvalue weighted by atomic mass is 9.84. The molecule has 3 saturated heterocycles. The highest BCUT2D eigenvalue weighted by atomic mass is 15.3. The van der Waals surface area contributed by atoms with Gasteiger partial charge in [-0.05, 0) is 51.6 Å². The molecule has 0 amide bonds. The number of hydrogen-bond acceptors (Lipinski definition) is 3. The van der Waals surface area contributed by atoms with Gasteiger partial charge in [-0.2, -0.15) is 0 Å². The van der Waals surface area contributed by atoms with E-state index in [2.05, 4.69) is 35.9 Å². The average molecular weight is 279 g/mol. The summed E-state index contributed by atoms with van der Waals surface area (Å²) in [5.41, 5.74) is 0. The van der Waals surface area contributed by atoms with Crippen LogP contribution < -0.4 is 5.32 Å². The Morgan fingerprint density at radius 1 is 0.950 bits per heavy atom. The molecule has 0 saturated carbocycles. The molecular formula is C17H33N3. The lowest BCUT2D eigenvalue weighted by molar-refractivity contribution is 0.0245. The molecule has 3 fully saturated rings. The minimum Gasteiger partial charge on any atom is -0.314 e. The van der Waals surface area contributed by atoms with E-state index in [-0.39, 0.29) is 0 Å². The van der Waals surface area contributed by atoms with E-state index in [1.54, 1.807) is 0 Å². The third kappa shape index (κ3) is 2.65. The van der Waals surface area contributed by atoms with Crippen LogP contribution in [0.1, 0.15) is 52.9 Å². The smallest absolute Gasteiger partial charge is 0.0266 e. The fourth-order valence-electron chi connectivity index (χ4n) is 5.02. The summed E-state index contributed by atoms with van der Waals surface area (Å²) in [5.74, 6) is 0.779. The van der Waals surface area contributed by atoms with Gasteiger partial charge in [-0.15, -0.1) is 0 Å². The third-order valence-electron chi connectivity index (χ3n) is 6.33. The van der Waals surface area contributed by atoms with Crippen molar-refractivity contribution >= 4 is 0 Å². The zero-order chi connectivity index (χ0) is 14.1. The van der Waals surface area contributed by atoms with Gasteiger partial charge in [0.15, 0.2) is 0 Å². The Kier molecular flexibility index (Phi) is 4.68. The molecule has 3 heteroatoms. The molecule has 3 nitrogen and oxygen atoms in total. The van der Waals surface area contributed by atoms with Crippen molar-refractivity contribution in [2.45, 2.75) is 77.0 Å². The molecule has 0 radical (unpaired) electrons. The van der Waals surface area contributed by atoms with E-state index in [1.807, 2.05) is 0 Å². The number of nitrogens with zero attached hydrogens (tertiary/aromatic N) is 2. The Morgan fingerprint density at radius 3 is 2.60 bits per heavy atom. The van der Waals surface area contributed by atoms with Crippen LogP contribution in [-0.2, 0) is 0 Å². The average Bonchev–Trinajstić information content (AvgIpc) is 2.88. The number of nitrogens with one attached hydrogen (secondary N) is 1. The summed E-state index contributed by atoms with van der Waals surface area (Å²) in [6.45, 7) is 12.3. The molecule has 0 aromatic heterocycles. The van der Waals surface area contributed by atoms with Crippen molar-refractivity contribution in [3.8, 4) is 0 Å². The molecule has 5 atom stereocenters. The predicted octanol–water partition coefficient (Wildman–Crippen LogP) is 2.32. The highest BCUT2D eigenvalue weighted by Gasteiger charge is 2.43. The second kappa shape index (κ2) is 6.33. The second-order valence-electron chi connectivity index (χ2n) is 7.25. The van der Waals surface area contributed by atoms with Crippen LogP contribution in [0.15, 0.2) is 0 Å². The van der Waals surface area contributed by atoms with Crippen molar-refractivity contribution < 1.29 is 0 Å². The highest BCUT2D eigenvalue weighted by Crippen LogP contribution is 2.35. The van der Waals surface area contributed by atoms with E-state index in [0.717, 1.165) is 36.6 Å². The van der Waals surface area contributed by atoms with Crippen LogP contribution in [0.4, 0.5) is 0 Å². The Hall–Kier alpha value is -0.120. The van der Waals surface area contributed by atoms with E-state index in [4.69, 9.17) is 0 Å². The van der Waals surface area contributed by atoms with Gasteiger partial charge < -0.3 is 5.32 Å². The van der Waals surface area contributed by atoms with Crippen LogP contribution in [0.25, 0.3) is 0 Å². The topological polar surface area (TPSA) is 18.5 Å². The summed E-state index contributed by atoms with van der Waals surface area (Å²) in [6, 6.07) is 3.18. The number of rotatable bonds is 3. The molecule has 116 valence electrons. The summed E-state index contributed by atoms with van der Waals surface area (Å²) in [5, 5.41) is 3.70. The first-order valence-corrected chi connectivity index (χ1v) is 8.95. The standard InChI is InChI=1S/C17H33N3/c1-4-18-15-8-12-20(14(3)13(15)2)17-9-11-19-10-6-5-7-16(17)19/h13-18H,4-12H2,1-3H3. The number of hydrogen-bond donors (Lipinski definition) is 1. The van der Waals surface area contributed by atoms with Crippen molar-refractivity contribution in [2.24, 2.45) is 5.92 Å². The fourth-order valence-corrected chi connectivity index (χ4v) is 5.02. The molecule has 3 aliphatic heterocycles. The number of likely N-dealkylation sites (tertiary alicyclic amines) is 1. The fraction of sp³-hybridized carbons (Fsp3) is 1.00. The summed E-state index contributed by atoms with van der Waals surface area (Å²) < 4.78 is 0. The SMILES string of the molecule is CCNC1CCN(C2CCN3CCCCC23)C(C)C1C. The van der Waals surface area contributed by atoms with Gasteiger partial charge in [0.2, 0.25) is 0 Å². The largest absolute Gasteiger partial charge is 0.314 e. The minimum atomic E-state index is 0.732. The zero-order valence-corrected chi connectivity index (χ0v) is 13.6. The summed E-state index contributed by atoms with van der Waals surface area (Å²) in [7, 11) is 0. The quantitative estimate of drug-likeness (QED) is 0.855. The zero-order valence-electron chi connectivity index (χ0n) is 13.6. The van der Waals surface area contributed by atoms with E-state index in [9.17, 15) is 0 Å². The van der Waals surface area contributed by atoms with Gasteiger partial charge in [-0.1, -0.05) is 20.3 Å². The van der Waals surface area contributed by atoms with Gasteiger partial charge >= 0.3 is 0 Å². The Morgan fingerprint density at radius 2 is 1.80 bits per heavy atom. The molecule has 0 bridgehead atoms. The summed E-state index contributed by atoms with van der Waals surface area (Å²) in [4.78, 5) is 5.65. The van der Waals surface area contributed by atoms with E-state index >= 15 is 0 Å². The molecule has 3 aliphatic rings. The first-order valence-electron chi connectivity index (χ1n) is 8.95. The molecule has 3 rings (SSSR count). The molecule has 20 heavy (non-hydrogen) atoms. The van der Waals surface area contributed by atoms with Gasteiger partial charge in [0.05, 0.1) is 0 Å².